The predicted molar refractivity (Wildman–Crippen MR) is 154 cm³/mol. The second kappa shape index (κ2) is 9.52. The molecule has 0 amide bonds. The number of nitrogens with one attached hydrogen (secondary N) is 1. The highest BCUT2D eigenvalue weighted by Crippen LogP contribution is 2.76. The van der Waals surface area contributed by atoms with Crippen LogP contribution in [0.25, 0.3) is 0 Å². The second-order valence-corrected chi connectivity index (χ2v) is 11.7. The van der Waals surface area contributed by atoms with Crippen molar-refractivity contribution in [3.05, 3.63) is 53.1 Å². The van der Waals surface area contributed by atoms with E-state index in [0.717, 1.165) is 16.8 Å². The van der Waals surface area contributed by atoms with Gasteiger partial charge in [-0.15, -0.1) is 0 Å². The largest absolute Gasteiger partial charge is 0.497 e. The summed E-state index contributed by atoms with van der Waals surface area (Å²) in [5.41, 5.74) is 0.0224. The number of benzene rings is 2. The normalized spacial score (nSPS) is 33.4. The third kappa shape index (κ3) is 3.21. The van der Waals surface area contributed by atoms with Gasteiger partial charge in [-0.25, -0.2) is 4.79 Å². The highest BCUT2D eigenvalue weighted by Gasteiger charge is 2.87. The summed E-state index contributed by atoms with van der Waals surface area (Å²) >= 11 is 0. The average molecular weight is 593 g/mol. The number of hydrogen-bond donors (Lipinski definition) is 1. The Hall–Kier alpha value is -3.96. The van der Waals surface area contributed by atoms with E-state index < -0.39 is 28.5 Å². The predicted octanol–water partition coefficient (Wildman–Crippen LogP) is 3.51. The number of allylic oxidation sites excluding steroid dienone is 1. The number of esters is 2. The number of rotatable bonds is 8. The summed E-state index contributed by atoms with van der Waals surface area (Å²) in [5.74, 6) is 0.397. The maximum atomic E-state index is 14.5. The van der Waals surface area contributed by atoms with Gasteiger partial charge in [0.2, 0.25) is 5.75 Å². The molecule has 0 aromatic heterocycles. The van der Waals surface area contributed by atoms with E-state index >= 15 is 0 Å². The van der Waals surface area contributed by atoms with Crippen LogP contribution in [0.1, 0.15) is 35.7 Å². The summed E-state index contributed by atoms with van der Waals surface area (Å²) in [7, 11) is 7.48. The third-order valence-electron chi connectivity index (χ3n) is 10.6. The molecule has 4 fully saturated rings. The summed E-state index contributed by atoms with van der Waals surface area (Å²) in [4.78, 5) is 30.7. The van der Waals surface area contributed by atoms with E-state index in [1.807, 2.05) is 25.1 Å². The highest BCUT2D eigenvalue weighted by molar-refractivity contribution is 5.92. The molecule has 5 aliphatic rings. The minimum atomic E-state index is -1.29. The summed E-state index contributed by atoms with van der Waals surface area (Å²) in [5, 5.41) is 3.72. The molecule has 1 N–H and O–H groups in total. The van der Waals surface area contributed by atoms with Crippen LogP contribution in [0.5, 0.6) is 23.0 Å². The maximum Gasteiger partial charge on any atom is 0.338 e. The van der Waals surface area contributed by atoms with Gasteiger partial charge in [-0.1, -0.05) is 17.7 Å². The molecular formula is C32H36N2O9. The van der Waals surface area contributed by atoms with Crippen molar-refractivity contribution in [1.29, 1.82) is 0 Å². The van der Waals surface area contributed by atoms with E-state index in [4.69, 9.17) is 33.2 Å². The molecule has 0 unspecified atom stereocenters. The summed E-state index contributed by atoms with van der Waals surface area (Å²) in [6.45, 7) is 2.44. The molecule has 2 aromatic rings. The molecule has 1 aliphatic carbocycles. The third-order valence-corrected chi connectivity index (χ3v) is 10.6. The van der Waals surface area contributed by atoms with Gasteiger partial charge in [0.15, 0.2) is 17.2 Å². The van der Waals surface area contributed by atoms with Crippen LogP contribution in [0.3, 0.4) is 0 Å². The van der Waals surface area contributed by atoms with Crippen LogP contribution >= 0.6 is 0 Å². The van der Waals surface area contributed by atoms with Gasteiger partial charge in [0.25, 0.3) is 0 Å². The number of carbonyl (C=O) groups is 2. The van der Waals surface area contributed by atoms with Gasteiger partial charge in [-0.3, -0.25) is 9.69 Å². The number of carbonyl (C=O) groups excluding carboxylic acids is 2. The van der Waals surface area contributed by atoms with Crippen LogP contribution < -0.4 is 24.3 Å². The van der Waals surface area contributed by atoms with Crippen LogP contribution in [0.15, 0.2) is 42.0 Å². The second-order valence-electron chi connectivity index (χ2n) is 11.7. The quantitative estimate of drug-likeness (QED) is 0.359. The zero-order valence-electron chi connectivity index (χ0n) is 25.1. The van der Waals surface area contributed by atoms with Gasteiger partial charge in [0, 0.05) is 30.6 Å². The maximum absolute atomic E-state index is 14.5. The minimum absolute atomic E-state index is 0.0157. The topological polar surface area (TPSA) is 114 Å². The van der Waals surface area contributed by atoms with E-state index in [9.17, 15) is 9.59 Å². The van der Waals surface area contributed by atoms with E-state index in [0.29, 0.717) is 42.4 Å². The molecule has 11 heteroatoms. The summed E-state index contributed by atoms with van der Waals surface area (Å²) < 4.78 is 40.6. The minimum Gasteiger partial charge on any atom is -0.497 e. The molecule has 2 aromatic carbocycles. The SMILES string of the molecule is C/C=C1/CN2[C@@H]3C[C@@]45c6ccc(OC)cc6N[C@]4(O3)[C@@H]2C[C@H]1[C@]5(COC(=O)c1cc(OC)c(OC)c(OC)c1)C(=O)OC. The fraction of sp³-hybridized carbons (Fsp3) is 0.500. The molecule has 228 valence electrons. The molecule has 4 aliphatic heterocycles. The molecule has 11 nitrogen and oxygen atoms in total. The van der Waals surface area contributed by atoms with Crippen molar-refractivity contribution in [1.82, 2.24) is 4.90 Å². The van der Waals surface area contributed by atoms with Crippen LogP contribution in [-0.2, 0) is 24.4 Å². The molecule has 1 spiro atoms. The van der Waals surface area contributed by atoms with E-state index in [2.05, 4.69) is 16.3 Å². The van der Waals surface area contributed by atoms with E-state index in [1.54, 1.807) is 19.2 Å². The number of hydrogen-bond acceptors (Lipinski definition) is 11. The van der Waals surface area contributed by atoms with Crippen LogP contribution in [-0.4, -0.2) is 83.5 Å². The Balaban J connectivity index is 1.39. The highest BCUT2D eigenvalue weighted by atomic mass is 16.6. The fourth-order valence-corrected chi connectivity index (χ4v) is 8.92. The Bertz CT molecular complexity index is 1530. The first-order valence-corrected chi connectivity index (χ1v) is 14.4. The Labute approximate surface area is 249 Å². The number of piperidine rings is 2. The fourth-order valence-electron chi connectivity index (χ4n) is 8.92. The van der Waals surface area contributed by atoms with Crippen molar-refractivity contribution in [3.63, 3.8) is 0 Å². The van der Waals surface area contributed by atoms with Crippen molar-refractivity contribution >= 4 is 17.6 Å². The number of fused-ring (bicyclic) bond motifs is 4. The molecule has 4 heterocycles. The Morgan fingerprint density at radius 3 is 2.42 bits per heavy atom. The van der Waals surface area contributed by atoms with Gasteiger partial charge < -0.3 is 38.5 Å². The monoisotopic (exact) mass is 592 g/mol. The van der Waals surface area contributed by atoms with Crippen LogP contribution in [0.4, 0.5) is 5.69 Å². The Morgan fingerprint density at radius 2 is 1.79 bits per heavy atom. The zero-order valence-corrected chi connectivity index (χ0v) is 25.1. The lowest BCUT2D eigenvalue weighted by molar-refractivity contribution is -0.191. The van der Waals surface area contributed by atoms with Crippen molar-refractivity contribution in [2.45, 2.75) is 43.2 Å². The summed E-state index contributed by atoms with van der Waals surface area (Å²) in [6.07, 6.45) is 3.06. The molecule has 4 bridgehead atoms. The van der Waals surface area contributed by atoms with Crippen molar-refractivity contribution in [3.8, 4) is 23.0 Å². The van der Waals surface area contributed by atoms with Gasteiger partial charge in [0.05, 0.1) is 52.6 Å². The van der Waals surface area contributed by atoms with Gasteiger partial charge in [-0.05, 0) is 37.1 Å². The first kappa shape index (κ1) is 27.8. The van der Waals surface area contributed by atoms with Crippen LogP contribution in [0.2, 0.25) is 0 Å². The van der Waals surface area contributed by atoms with Gasteiger partial charge >= 0.3 is 11.9 Å². The van der Waals surface area contributed by atoms with Crippen molar-refractivity contribution in [2.24, 2.45) is 11.3 Å². The average Bonchev–Trinajstić information content (AvgIpc) is 3.65. The van der Waals surface area contributed by atoms with Crippen molar-refractivity contribution in [2.75, 3.05) is 54.0 Å². The lowest BCUT2D eigenvalue weighted by atomic mass is 9.42. The first-order chi connectivity index (χ1) is 20.8. The smallest absolute Gasteiger partial charge is 0.338 e. The number of nitrogens with zero attached hydrogens (tertiary/aromatic N) is 1. The van der Waals surface area contributed by atoms with Crippen molar-refractivity contribution < 1.29 is 42.7 Å². The van der Waals surface area contributed by atoms with E-state index in [-0.39, 0.29) is 30.4 Å². The lowest BCUT2D eigenvalue weighted by Gasteiger charge is -2.64. The summed E-state index contributed by atoms with van der Waals surface area (Å²) in [6, 6.07) is 8.96. The molecule has 7 rings (SSSR count). The van der Waals surface area contributed by atoms with Crippen LogP contribution in [0, 0.1) is 11.3 Å². The molecule has 1 saturated carbocycles. The first-order valence-electron chi connectivity index (χ1n) is 14.4. The Morgan fingerprint density at radius 1 is 1.05 bits per heavy atom. The number of anilines is 1. The standard InChI is InChI=1S/C32H36N2O9/c1-7-17-15-34-25-13-21(17)30(29(36)41-6,16-42-28(35)18-10-23(38-3)27(40-5)24(11-18)39-4)31-14-26(34)43-32(25,31)33-22-12-19(37-2)8-9-20(22)31/h7-12,21,25-26,33H,13-16H2,1-6H3/b17-7-/t21-,25+,26+,30-,31+,32+/m1/s1. The zero-order chi connectivity index (χ0) is 30.3. The van der Waals surface area contributed by atoms with Gasteiger partial charge in [-0.2, -0.15) is 0 Å². The number of methoxy groups -OCH3 is 5. The lowest BCUT2D eigenvalue weighted by Crippen LogP contribution is -2.78. The molecule has 43 heavy (non-hydrogen) atoms. The molecule has 6 atom stereocenters. The molecule has 0 radical (unpaired) electrons. The number of ether oxygens (including phenoxy) is 7. The molecule has 3 saturated heterocycles. The Kier molecular flexibility index (Phi) is 6.17. The van der Waals surface area contributed by atoms with E-state index in [1.165, 1.54) is 28.4 Å². The van der Waals surface area contributed by atoms with Gasteiger partial charge in [0.1, 0.15) is 24.0 Å². The molecular weight excluding hydrogens is 556 g/mol.